The fourth-order valence-corrected chi connectivity index (χ4v) is 1.87. The molecule has 0 radical (unpaired) electrons. The third-order valence-electron chi connectivity index (χ3n) is 2.98. The van der Waals surface area contributed by atoms with Crippen molar-refractivity contribution in [3.8, 4) is 0 Å². The van der Waals surface area contributed by atoms with Crippen molar-refractivity contribution in [1.29, 1.82) is 0 Å². The quantitative estimate of drug-likeness (QED) is 0.445. The maximum Gasteiger partial charge on any atom is 0.0814 e. The molecule has 1 aromatic rings. The Labute approximate surface area is 110 Å². The molecule has 1 rings (SSSR count). The number of benzene rings is 1. The van der Waals surface area contributed by atoms with Gasteiger partial charge in [0.2, 0.25) is 0 Å². The lowest BCUT2D eigenvalue weighted by atomic mass is 10.1. The topological polar surface area (TPSA) is 29.4 Å². The maximum absolute atomic E-state index is 9.91. The molecule has 98 valence electrons. The summed E-state index contributed by atoms with van der Waals surface area (Å²) in [6.07, 6.45) is 11.0. The largest absolute Gasteiger partial charge is 0.151 e. The van der Waals surface area contributed by atoms with Crippen molar-refractivity contribution in [2.75, 3.05) is 6.54 Å². The van der Waals surface area contributed by atoms with Crippen LogP contribution in [0.25, 0.3) is 6.08 Å². The van der Waals surface area contributed by atoms with E-state index in [0.717, 1.165) is 12.8 Å². The lowest BCUT2D eigenvalue weighted by Crippen LogP contribution is -1.85. The molecule has 18 heavy (non-hydrogen) atoms. The highest BCUT2D eigenvalue weighted by Crippen LogP contribution is 2.10. The molecule has 0 saturated heterocycles. The predicted molar refractivity (Wildman–Crippen MR) is 78.6 cm³/mol. The van der Waals surface area contributed by atoms with Crippen LogP contribution >= 0.6 is 0 Å². The third kappa shape index (κ3) is 6.33. The number of rotatable bonds is 9. The summed E-state index contributed by atoms with van der Waals surface area (Å²) in [6.45, 7) is 2.65. The van der Waals surface area contributed by atoms with Gasteiger partial charge in [0, 0.05) is 0 Å². The molecule has 0 amide bonds. The SMILES string of the molecule is CCCCCc1ccc(/C=C/CCCN=O)cc1. The maximum atomic E-state index is 9.91. The minimum Gasteiger partial charge on any atom is -0.151 e. The minimum absolute atomic E-state index is 0.417. The van der Waals surface area contributed by atoms with Gasteiger partial charge in [-0.25, -0.2) is 0 Å². The number of hydrogen-bond acceptors (Lipinski definition) is 2. The summed E-state index contributed by atoms with van der Waals surface area (Å²) in [5, 5.41) is 2.84. The van der Waals surface area contributed by atoms with Crippen LogP contribution in [0, 0.1) is 4.91 Å². The molecule has 0 aliphatic rings. The second-order valence-corrected chi connectivity index (χ2v) is 4.60. The molecule has 0 unspecified atom stereocenters. The molecule has 2 nitrogen and oxygen atoms in total. The highest BCUT2D eigenvalue weighted by atomic mass is 16.3. The van der Waals surface area contributed by atoms with Crippen LogP contribution in [0.4, 0.5) is 0 Å². The lowest BCUT2D eigenvalue weighted by Gasteiger charge is -2.01. The van der Waals surface area contributed by atoms with E-state index in [9.17, 15) is 4.91 Å². The molecule has 0 fully saturated rings. The van der Waals surface area contributed by atoms with Gasteiger partial charge in [-0.15, -0.1) is 0 Å². The van der Waals surface area contributed by atoms with Crippen LogP contribution in [0.3, 0.4) is 0 Å². The van der Waals surface area contributed by atoms with Crippen LogP contribution in [-0.4, -0.2) is 6.54 Å². The Morgan fingerprint density at radius 2 is 1.89 bits per heavy atom. The van der Waals surface area contributed by atoms with E-state index in [0.29, 0.717) is 6.54 Å². The van der Waals surface area contributed by atoms with Crippen molar-refractivity contribution in [2.24, 2.45) is 5.18 Å². The number of unbranched alkanes of at least 4 members (excludes halogenated alkanes) is 3. The van der Waals surface area contributed by atoms with Crippen LogP contribution in [0.15, 0.2) is 35.5 Å². The molecule has 1 aromatic carbocycles. The smallest absolute Gasteiger partial charge is 0.0814 e. The first kappa shape index (κ1) is 14.6. The monoisotopic (exact) mass is 245 g/mol. The van der Waals surface area contributed by atoms with Gasteiger partial charge in [-0.1, -0.05) is 61.4 Å². The normalized spacial score (nSPS) is 10.9. The highest BCUT2D eigenvalue weighted by molar-refractivity contribution is 5.49. The summed E-state index contributed by atoms with van der Waals surface area (Å²) >= 11 is 0. The second kappa shape index (κ2) is 9.58. The summed E-state index contributed by atoms with van der Waals surface area (Å²) in [6, 6.07) is 8.75. The zero-order valence-corrected chi connectivity index (χ0v) is 11.3. The van der Waals surface area contributed by atoms with E-state index >= 15 is 0 Å². The summed E-state index contributed by atoms with van der Waals surface area (Å²) < 4.78 is 0. The Hall–Kier alpha value is -1.44. The second-order valence-electron chi connectivity index (χ2n) is 4.60. The van der Waals surface area contributed by atoms with Crippen molar-refractivity contribution in [3.63, 3.8) is 0 Å². The highest BCUT2D eigenvalue weighted by Gasteiger charge is 1.93. The van der Waals surface area contributed by atoms with Gasteiger partial charge in [0.15, 0.2) is 0 Å². The first-order valence-corrected chi connectivity index (χ1v) is 6.91. The molecule has 0 spiro atoms. The predicted octanol–water partition coefficient (Wildman–Crippen LogP) is 4.98. The molecular weight excluding hydrogens is 222 g/mol. The third-order valence-corrected chi connectivity index (χ3v) is 2.98. The number of allylic oxidation sites excluding steroid dienone is 1. The standard InChI is InChI=1S/C16H23NO/c1-2-3-5-8-15-10-12-16(13-11-15)9-6-4-7-14-17-18/h6,9-13H,2-5,7-8,14H2,1H3/b9-6+. The van der Waals surface area contributed by atoms with E-state index < -0.39 is 0 Å². The van der Waals surface area contributed by atoms with Crippen molar-refractivity contribution < 1.29 is 0 Å². The Kier molecular flexibility index (Phi) is 7.78. The van der Waals surface area contributed by atoms with Gasteiger partial charge in [0.05, 0.1) is 6.54 Å². The zero-order chi connectivity index (χ0) is 13.1. The van der Waals surface area contributed by atoms with E-state index in [1.54, 1.807) is 0 Å². The Bertz CT molecular complexity index is 354. The minimum atomic E-state index is 0.417. The summed E-state index contributed by atoms with van der Waals surface area (Å²) in [4.78, 5) is 9.91. The molecule has 0 heterocycles. The van der Waals surface area contributed by atoms with E-state index in [1.165, 1.54) is 36.8 Å². The summed E-state index contributed by atoms with van der Waals surface area (Å²) in [7, 11) is 0. The molecule has 0 aromatic heterocycles. The Balaban J connectivity index is 2.32. The van der Waals surface area contributed by atoms with Crippen LogP contribution in [0.1, 0.15) is 50.2 Å². The van der Waals surface area contributed by atoms with E-state index in [1.807, 2.05) is 0 Å². The molecule has 0 atom stereocenters. The Morgan fingerprint density at radius 3 is 2.56 bits per heavy atom. The van der Waals surface area contributed by atoms with Gasteiger partial charge in [-0.05, 0) is 36.8 Å². The average molecular weight is 245 g/mol. The first-order valence-electron chi connectivity index (χ1n) is 6.91. The van der Waals surface area contributed by atoms with Gasteiger partial charge in [-0.3, -0.25) is 0 Å². The van der Waals surface area contributed by atoms with Crippen LogP contribution in [-0.2, 0) is 6.42 Å². The van der Waals surface area contributed by atoms with Crippen LogP contribution < -0.4 is 0 Å². The molecule has 0 N–H and O–H groups in total. The fourth-order valence-electron chi connectivity index (χ4n) is 1.87. The fraction of sp³-hybridized carbons (Fsp3) is 0.500. The number of aryl methyl sites for hydroxylation is 1. The van der Waals surface area contributed by atoms with Gasteiger partial charge >= 0.3 is 0 Å². The summed E-state index contributed by atoms with van der Waals surface area (Å²) in [5.41, 5.74) is 2.65. The number of nitrogens with zero attached hydrogens (tertiary/aromatic N) is 1. The van der Waals surface area contributed by atoms with Crippen molar-refractivity contribution in [3.05, 3.63) is 46.4 Å². The number of nitroso groups, excluding NO2 is 1. The van der Waals surface area contributed by atoms with Crippen molar-refractivity contribution in [2.45, 2.75) is 45.4 Å². The van der Waals surface area contributed by atoms with E-state index in [2.05, 4.69) is 48.5 Å². The molecule has 0 aliphatic carbocycles. The van der Waals surface area contributed by atoms with Crippen LogP contribution in [0.5, 0.6) is 0 Å². The number of hydrogen-bond donors (Lipinski definition) is 0. The molecule has 0 bridgehead atoms. The van der Waals surface area contributed by atoms with E-state index in [-0.39, 0.29) is 0 Å². The molecule has 0 aliphatic heterocycles. The molecular formula is C16H23NO. The van der Waals surface area contributed by atoms with Crippen LogP contribution in [0.2, 0.25) is 0 Å². The average Bonchev–Trinajstić information content (AvgIpc) is 2.40. The van der Waals surface area contributed by atoms with E-state index in [4.69, 9.17) is 0 Å². The Morgan fingerprint density at radius 1 is 1.11 bits per heavy atom. The van der Waals surface area contributed by atoms with Crippen molar-refractivity contribution in [1.82, 2.24) is 0 Å². The first-order chi connectivity index (χ1) is 8.86. The summed E-state index contributed by atoms with van der Waals surface area (Å²) in [5.74, 6) is 0. The van der Waals surface area contributed by atoms with Crippen molar-refractivity contribution >= 4 is 6.08 Å². The van der Waals surface area contributed by atoms with Gasteiger partial charge < -0.3 is 0 Å². The lowest BCUT2D eigenvalue weighted by molar-refractivity contribution is 0.717. The van der Waals surface area contributed by atoms with Gasteiger partial charge in [0.1, 0.15) is 0 Å². The van der Waals surface area contributed by atoms with Gasteiger partial charge in [-0.2, -0.15) is 4.91 Å². The molecule has 0 saturated carbocycles. The van der Waals surface area contributed by atoms with Gasteiger partial charge in [0.25, 0.3) is 0 Å². The molecule has 2 heteroatoms. The zero-order valence-electron chi connectivity index (χ0n) is 11.3.